The largest absolute Gasteiger partial charge is 0.505 e. The minimum atomic E-state index is -0.334. The Morgan fingerprint density at radius 2 is 1.86 bits per heavy atom. The highest BCUT2D eigenvalue weighted by Crippen LogP contribution is 2.30. The average molecular weight is 282 g/mol. The van der Waals surface area contributed by atoms with Crippen LogP contribution < -0.4 is 11.1 Å². The third kappa shape index (κ3) is 2.57. The minimum Gasteiger partial charge on any atom is -0.505 e. The minimum absolute atomic E-state index is 0.167. The Labute approximate surface area is 123 Å². The van der Waals surface area contributed by atoms with Crippen molar-refractivity contribution in [2.24, 2.45) is 0 Å². The van der Waals surface area contributed by atoms with Gasteiger partial charge in [0.1, 0.15) is 0 Å². The fourth-order valence-electron chi connectivity index (χ4n) is 2.83. The lowest BCUT2D eigenvalue weighted by Gasteiger charge is -2.19. The number of carbonyl (C=O) groups is 1. The van der Waals surface area contributed by atoms with Gasteiger partial charge in [-0.2, -0.15) is 0 Å². The second-order valence-electron chi connectivity index (χ2n) is 5.35. The van der Waals surface area contributed by atoms with Gasteiger partial charge in [0.25, 0.3) is 5.91 Å². The third-order valence-corrected chi connectivity index (χ3v) is 3.96. The van der Waals surface area contributed by atoms with Crippen LogP contribution >= 0.6 is 0 Å². The number of carbonyl (C=O) groups excluding carboxylic acids is 1. The number of nitrogen functional groups attached to an aromatic ring is 1. The van der Waals surface area contributed by atoms with Crippen LogP contribution in [-0.4, -0.2) is 11.0 Å². The molecule has 0 saturated carbocycles. The van der Waals surface area contributed by atoms with Crippen molar-refractivity contribution >= 4 is 17.3 Å². The van der Waals surface area contributed by atoms with Crippen LogP contribution in [0.4, 0.5) is 11.4 Å². The maximum Gasteiger partial charge on any atom is 0.259 e. The second-order valence-corrected chi connectivity index (χ2v) is 5.35. The van der Waals surface area contributed by atoms with E-state index in [1.165, 1.54) is 17.5 Å². The van der Waals surface area contributed by atoms with Crippen LogP contribution in [0.2, 0.25) is 0 Å². The molecule has 0 heterocycles. The summed E-state index contributed by atoms with van der Waals surface area (Å²) in [6.45, 7) is 0. The monoisotopic (exact) mass is 282 g/mol. The van der Waals surface area contributed by atoms with Crippen molar-refractivity contribution < 1.29 is 9.90 Å². The zero-order valence-corrected chi connectivity index (χ0v) is 11.7. The molecule has 0 saturated heterocycles. The van der Waals surface area contributed by atoms with Crippen LogP contribution in [0.3, 0.4) is 0 Å². The molecule has 0 atom stereocenters. The molecule has 0 spiro atoms. The molecule has 21 heavy (non-hydrogen) atoms. The van der Waals surface area contributed by atoms with Crippen molar-refractivity contribution in [1.82, 2.24) is 0 Å². The number of aromatic hydroxyl groups is 1. The SMILES string of the molecule is Nc1cccc(C(=O)Nc2cccc3c2CCCC3)c1O. The number of rotatable bonds is 2. The van der Waals surface area contributed by atoms with Gasteiger partial charge in [0.15, 0.2) is 5.75 Å². The van der Waals surface area contributed by atoms with E-state index < -0.39 is 0 Å². The number of amides is 1. The highest BCUT2D eigenvalue weighted by atomic mass is 16.3. The quantitative estimate of drug-likeness (QED) is 0.585. The summed E-state index contributed by atoms with van der Waals surface area (Å²) < 4.78 is 0. The van der Waals surface area contributed by atoms with E-state index in [1.54, 1.807) is 18.2 Å². The highest BCUT2D eigenvalue weighted by Gasteiger charge is 2.17. The normalized spacial score (nSPS) is 13.5. The summed E-state index contributed by atoms with van der Waals surface area (Å²) in [5.74, 6) is -0.501. The number of phenolic OH excluding ortho intramolecular Hbond substituents is 1. The Hall–Kier alpha value is -2.49. The number of benzene rings is 2. The molecule has 0 unspecified atom stereocenters. The van der Waals surface area contributed by atoms with Gasteiger partial charge in [-0.1, -0.05) is 18.2 Å². The summed E-state index contributed by atoms with van der Waals surface area (Å²) in [5, 5.41) is 12.8. The summed E-state index contributed by atoms with van der Waals surface area (Å²) in [6.07, 6.45) is 4.38. The summed E-state index contributed by atoms with van der Waals surface area (Å²) in [5.41, 5.74) is 9.38. The van der Waals surface area contributed by atoms with Crippen molar-refractivity contribution in [2.75, 3.05) is 11.1 Å². The van der Waals surface area contributed by atoms with Gasteiger partial charge in [0.2, 0.25) is 0 Å². The molecule has 1 aliphatic rings. The lowest BCUT2D eigenvalue weighted by molar-refractivity contribution is 0.102. The summed E-state index contributed by atoms with van der Waals surface area (Å²) in [4.78, 5) is 12.3. The van der Waals surface area contributed by atoms with Gasteiger partial charge in [-0.25, -0.2) is 0 Å². The highest BCUT2D eigenvalue weighted by molar-refractivity contribution is 6.07. The van der Waals surface area contributed by atoms with E-state index in [0.717, 1.165) is 24.9 Å². The van der Waals surface area contributed by atoms with Gasteiger partial charge in [0, 0.05) is 5.69 Å². The second kappa shape index (κ2) is 5.48. The van der Waals surface area contributed by atoms with Gasteiger partial charge in [-0.05, 0) is 55.0 Å². The number of fused-ring (bicyclic) bond motifs is 1. The summed E-state index contributed by atoms with van der Waals surface area (Å²) in [6, 6.07) is 10.8. The molecule has 108 valence electrons. The molecule has 1 amide bonds. The van der Waals surface area contributed by atoms with E-state index in [-0.39, 0.29) is 22.9 Å². The van der Waals surface area contributed by atoms with Crippen LogP contribution in [0.5, 0.6) is 5.75 Å². The Morgan fingerprint density at radius 1 is 1.10 bits per heavy atom. The Morgan fingerprint density at radius 3 is 2.71 bits per heavy atom. The van der Waals surface area contributed by atoms with Crippen LogP contribution in [0.1, 0.15) is 34.3 Å². The topological polar surface area (TPSA) is 75.4 Å². The van der Waals surface area contributed by atoms with Crippen molar-refractivity contribution in [3.8, 4) is 5.75 Å². The summed E-state index contributed by atoms with van der Waals surface area (Å²) >= 11 is 0. The fourth-order valence-corrected chi connectivity index (χ4v) is 2.83. The van der Waals surface area contributed by atoms with Crippen LogP contribution in [0.15, 0.2) is 36.4 Å². The first-order valence-corrected chi connectivity index (χ1v) is 7.16. The van der Waals surface area contributed by atoms with E-state index in [9.17, 15) is 9.90 Å². The van der Waals surface area contributed by atoms with E-state index in [1.807, 2.05) is 12.1 Å². The number of para-hydroxylation sites is 1. The summed E-state index contributed by atoms with van der Waals surface area (Å²) in [7, 11) is 0. The molecule has 2 aromatic carbocycles. The Balaban J connectivity index is 1.90. The molecule has 0 aromatic heterocycles. The first-order chi connectivity index (χ1) is 10.2. The Kier molecular flexibility index (Phi) is 3.52. The van der Waals surface area contributed by atoms with E-state index in [0.29, 0.717) is 0 Å². The first-order valence-electron chi connectivity index (χ1n) is 7.16. The van der Waals surface area contributed by atoms with Crippen LogP contribution in [-0.2, 0) is 12.8 Å². The van der Waals surface area contributed by atoms with Gasteiger partial charge in [-0.15, -0.1) is 0 Å². The van der Waals surface area contributed by atoms with E-state index >= 15 is 0 Å². The first kappa shape index (κ1) is 13.5. The zero-order valence-electron chi connectivity index (χ0n) is 11.7. The number of hydrogen-bond donors (Lipinski definition) is 3. The molecular weight excluding hydrogens is 264 g/mol. The van der Waals surface area contributed by atoms with Gasteiger partial charge in [0.05, 0.1) is 11.3 Å². The molecule has 0 radical (unpaired) electrons. The maximum absolute atomic E-state index is 12.3. The number of anilines is 2. The predicted octanol–water partition coefficient (Wildman–Crippen LogP) is 3.11. The molecule has 0 bridgehead atoms. The van der Waals surface area contributed by atoms with Gasteiger partial charge < -0.3 is 16.2 Å². The number of nitrogens with one attached hydrogen (secondary N) is 1. The molecule has 0 aliphatic heterocycles. The molecule has 1 aliphatic carbocycles. The lowest BCUT2D eigenvalue weighted by atomic mass is 9.90. The number of aryl methyl sites for hydroxylation is 1. The molecule has 3 rings (SSSR count). The van der Waals surface area contributed by atoms with E-state index in [2.05, 4.69) is 11.4 Å². The van der Waals surface area contributed by atoms with Crippen molar-refractivity contribution in [1.29, 1.82) is 0 Å². The zero-order chi connectivity index (χ0) is 14.8. The third-order valence-electron chi connectivity index (χ3n) is 3.96. The molecule has 0 fully saturated rings. The van der Waals surface area contributed by atoms with Crippen LogP contribution in [0, 0.1) is 0 Å². The fraction of sp³-hybridized carbons (Fsp3) is 0.235. The standard InChI is InChI=1S/C17H18N2O2/c18-14-9-4-8-13(16(14)20)17(21)19-15-10-3-6-11-5-1-2-7-12(11)15/h3-4,6,8-10,20H,1-2,5,7,18H2,(H,19,21). The Bertz CT molecular complexity index is 695. The van der Waals surface area contributed by atoms with Crippen molar-refractivity contribution in [3.05, 3.63) is 53.1 Å². The van der Waals surface area contributed by atoms with Crippen LogP contribution in [0.25, 0.3) is 0 Å². The van der Waals surface area contributed by atoms with Crippen molar-refractivity contribution in [3.63, 3.8) is 0 Å². The average Bonchev–Trinajstić information content (AvgIpc) is 2.50. The van der Waals surface area contributed by atoms with E-state index in [4.69, 9.17) is 5.73 Å². The van der Waals surface area contributed by atoms with Gasteiger partial charge in [-0.3, -0.25) is 4.79 Å². The molecular formula is C17H18N2O2. The number of hydrogen-bond acceptors (Lipinski definition) is 3. The molecule has 4 N–H and O–H groups in total. The molecule has 4 nitrogen and oxygen atoms in total. The predicted molar refractivity (Wildman–Crippen MR) is 83.6 cm³/mol. The van der Waals surface area contributed by atoms with Gasteiger partial charge >= 0.3 is 0 Å². The molecule has 4 heteroatoms. The lowest BCUT2D eigenvalue weighted by Crippen LogP contribution is -2.15. The smallest absolute Gasteiger partial charge is 0.259 e. The number of nitrogens with two attached hydrogens (primary N) is 1. The number of phenols is 1. The maximum atomic E-state index is 12.3. The molecule has 2 aromatic rings. The van der Waals surface area contributed by atoms with Crippen molar-refractivity contribution in [2.45, 2.75) is 25.7 Å².